The fourth-order valence-corrected chi connectivity index (χ4v) is 5.14. The lowest BCUT2D eigenvalue weighted by Gasteiger charge is -2.37. The average Bonchev–Trinajstić information content (AvgIpc) is 3.45. The zero-order valence-corrected chi connectivity index (χ0v) is 17.9. The molecule has 1 N–H and O–H groups in total. The monoisotopic (exact) mass is 414 g/mol. The SMILES string of the molecule is O=C(CC1(CC(=O)N2CCN(c3ccccn3)CC2)CCCC1)NCC1CCCO1. The van der Waals surface area contributed by atoms with Crippen LogP contribution in [0, 0.1) is 5.41 Å². The summed E-state index contributed by atoms with van der Waals surface area (Å²) in [7, 11) is 0. The molecule has 0 aromatic carbocycles. The number of pyridine rings is 1. The van der Waals surface area contributed by atoms with Gasteiger partial charge in [-0.3, -0.25) is 9.59 Å². The average molecular weight is 415 g/mol. The summed E-state index contributed by atoms with van der Waals surface area (Å²) < 4.78 is 5.60. The molecule has 2 saturated heterocycles. The molecule has 0 bridgehead atoms. The van der Waals surface area contributed by atoms with Crippen LogP contribution in [0.4, 0.5) is 5.82 Å². The molecule has 2 aliphatic heterocycles. The second-order valence-electron chi connectivity index (χ2n) is 9.06. The summed E-state index contributed by atoms with van der Waals surface area (Å²) >= 11 is 0. The Morgan fingerprint density at radius 1 is 1.10 bits per heavy atom. The lowest BCUT2D eigenvalue weighted by molar-refractivity contribution is -0.135. The number of nitrogens with zero attached hydrogens (tertiary/aromatic N) is 3. The molecule has 164 valence electrons. The first kappa shape index (κ1) is 21.1. The Morgan fingerprint density at radius 3 is 2.57 bits per heavy atom. The number of hydrogen-bond donors (Lipinski definition) is 1. The van der Waals surface area contributed by atoms with Crippen molar-refractivity contribution in [3.05, 3.63) is 24.4 Å². The van der Waals surface area contributed by atoms with Gasteiger partial charge in [-0.05, 0) is 43.2 Å². The van der Waals surface area contributed by atoms with E-state index in [9.17, 15) is 9.59 Å². The largest absolute Gasteiger partial charge is 0.376 e. The summed E-state index contributed by atoms with van der Waals surface area (Å²) in [6.45, 7) is 4.44. The van der Waals surface area contributed by atoms with E-state index >= 15 is 0 Å². The van der Waals surface area contributed by atoms with Crippen LogP contribution in [0.5, 0.6) is 0 Å². The van der Waals surface area contributed by atoms with Crippen LogP contribution in [0.2, 0.25) is 0 Å². The highest BCUT2D eigenvalue weighted by Gasteiger charge is 2.39. The van der Waals surface area contributed by atoms with Crippen molar-refractivity contribution in [1.29, 1.82) is 0 Å². The molecule has 1 aromatic rings. The summed E-state index contributed by atoms with van der Waals surface area (Å²) in [5, 5.41) is 3.05. The Kier molecular flexibility index (Phi) is 6.87. The standard InChI is InChI=1S/C23H34N4O3/c28-21(25-18-19-6-5-15-30-19)16-23(8-2-3-9-23)17-22(29)27-13-11-26(12-14-27)20-7-1-4-10-24-20/h1,4,7,10,19H,2-3,5-6,8-9,11-18H2,(H,25,28). The van der Waals surface area contributed by atoms with Crippen molar-refractivity contribution in [2.45, 2.75) is 57.5 Å². The smallest absolute Gasteiger partial charge is 0.223 e. The van der Waals surface area contributed by atoms with Crippen molar-refractivity contribution in [2.75, 3.05) is 44.2 Å². The van der Waals surface area contributed by atoms with Gasteiger partial charge in [0.2, 0.25) is 11.8 Å². The van der Waals surface area contributed by atoms with Crippen molar-refractivity contribution in [2.24, 2.45) is 5.41 Å². The maximum absolute atomic E-state index is 13.1. The van der Waals surface area contributed by atoms with Crippen LogP contribution in [0.15, 0.2) is 24.4 Å². The number of nitrogens with one attached hydrogen (secondary N) is 1. The number of ether oxygens (including phenoxy) is 1. The first-order valence-corrected chi connectivity index (χ1v) is 11.5. The molecular weight excluding hydrogens is 380 g/mol. The lowest BCUT2D eigenvalue weighted by atomic mass is 9.78. The summed E-state index contributed by atoms with van der Waals surface area (Å²) in [6, 6.07) is 5.93. The molecule has 7 nitrogen and oxygen atoms in total. The molecule has 3 fully saturated rings. The molecule has 3 aliphatic rings. The van der Waals surface area contributed by atoms with Crippen LogP contribution in [0.3, 0.4) is 0 Å². The van der Waals surface area contributed by atoms with Gasteiger partial charge in [-0.15, -0.1) is 0 Å². The van der Waals surface area contributed by atoms with Gasteiger partial charge >= 0.3 is 0 Å². The molecule has 4 rings (SSSR count). The normalized spacial score (nSPS) is 23.5. The number of piperazine rings is 1. The number of carbonyl (C=O) groups excluding carboxylic acids is 2. The van der Waals surface area contributed by atoms with Gasteiger partial charge in [0.25, 0.3) is 0 Å². The van der Waals surface area contributed by atoms with Gasteiger partial charge in [0.1, 0.15) is 5.82 Å². The highest BCUT2D eigenvalue weighted by molar-refractivity contribution is 5.80. The second-order valence-corrected chi connectivity index (χ2v) is 9.06. The Labute approximate surface area is 179 Å². The predicted molar refractivity (Wildman–Crippen MR) is 115 cm³/mol. The van der Waals surface area contributed by atoms with E-state index in [2.05, 4.69) is 15.2 Å². The van der Waals surface area contributed by atoms with E-state index in [-0.39, 0.29) is 23.3 Å². The van der Waals surface area contributed by atoms with Gasteiger partial charge < -0.3 is 19.9 Å². The van der Waals surface area contributed by atoms with Crippen LogP contribution in [-0.4, -0.2) is 67.1 Å². The summed E-state index contributed by atoms with van der Waals surface area (Å²) in [5.41, 5.74) is -0.171. The van der Waals surface area contributed by atoms with Gasteiger partial charge in [-0.2, -0.15) is 0 Å². The highest BCUT2D eigenvalue weighted by Crippen LogP contribution is 2.44. The van der Waals surface area contributed by atoms with Crippen LogP contribution in [0.1, 0.15) is 51.4 Å². The van der Waals surface area contributed by atoms with E-state index in [1.807, 2.05) is 23.1 Å². The fraction of sp³-hybridized carbons (Fsp3) is 0.696. The molecule has 1 atom stereocenters. The predicted octanol–water partition coefficient (Wildman–Crippen LogP) is 2.37. The minimum atomic E-state index is -0.171. The first-order valence-electron chi connectivity index (χ1n) is 11.5. The molecule has 1 aliphatic carbocycles. The highest BCUT2D eigenvalue weighted by atomic mass is 16.5. The van der Waals surface area contributed by atoms with E-state index in [0.717, 1.165) is 77.1 Å². The number of rotatable bonds is 7. The van der Waals surface area contributed by atoms with Crippen molar-refractivity contribution >= 4 is 17.6 Å². The molecule has 1 aromatic heterocycles. The lowest BCUT2D eigenvalue weighted by Crippen LogP contribution is -2.50. The van der Waals surface area contributed by atoms with Gasteiger partial charge in [-0.1, -0.05) is 18.9 Å². The maximum Gasteiger partial charge on any atom is 0.223 e. The van der Waals surface area contributed by atoms with E-state index in [0.29, 0.717) is 19.4 Å². The van der Waals surface area contributed by atoms with E-state index < -0.39 is 0 Å². The quantitative estimate of drug-likeness (QED) is 0.741. The van der Waals surface area contributed by atoms with Crippen LogP contribution < -0.4 is 10.2 Å². The Balaban J connectivity index is 1.27. The van der Waals surface area contributed by atoms with Crippen molar-refractivity contribution in [3.63, 3.8) is 0 Å². The first-order chi connectivity index (χ1) is 14.6. The van der Waals surface area contributed by atoms with Crippen LogP contribution >= 0.6 is 0 Å². The van der Waals surface area contributed by atoms with Crippen molar-refractivity contribution in [3.8, 4) is 0 Å². The molecule has 7 heteroatoms. The summed E-state index contributed by atoms with van der Waals surface area (Å²) in [5.74, 6) is 1.24. The van der Waals surface area contributed by atoms with E-state index in [1.165, 1.54) is 0 Å². The number of aromatic nitrogens is 1. The molecule has 30 heavy (non-hydrogen) atoms. The number of carbonyl (C=O) groups is 2. The molecule has 3 heterocycles. The molecule has 0 radical (unpaired) electrons. The second kappa shape index (κ2) is 9.77. The molecule has 1 saturated carbocycles. The molecule has 1 unspecified atom stereocenters. The van der Waals surface area contributed by atoms with Gasteiger partial charge in [0.05, 0.1) is 6.10 Å². The van der Waals surface area contributed by atoms with Gasteiger partial charge in [-0.25, -0.2) is 4.98 Å². The summed E-state index contributed by atoms with van der Waals surface area (Å²) in [6.07, 6.45) is 9.18. The maximum atomic E-state index is 13.1. The van der Waals surface area contributed by atoms with Gasteiger partial charge in [0, 0.05) is 58.4 Å². The molecular formula is C23H34N4O3. The van der Waals surface area contributed by atoms with E-state index in [1.54, 1.807) is 6.20 Å². The van der Waals surface area contributed by atoms with Crippen LogP contribution in [-0.2, 0) is 14.3 Å². The van der Waals surface area contributed by atoms with Crippen molar-refractivity contribution in [1.82, 2.24) is 15.2 Å². The third-order valence-corrected chi connectivity index (χ3v) is 6.88. The van der Waals surface area contributed by atoms with E-state index in [4.69, 9.17) is 4.74 Å². The number of amides is 2. The fourth-order valence-electron chi connectivity index (χ4n) is 5.14. The topological polar surface area (TPSA) is 74.8 Å². The molecule has 0 spiro atoms. The zero-order valence-electron chi connectivity index (χ0n) is 17.9. The Morgan fingerprint density at radius 2 is 1.90 bits per heavy atom. The Hall–Kier alpha value is -2.15. The minimum Gasteiger partial charge on any atom is -0.376 e. The summed E-state index contributed by atoms with van der Waals surface area (Å²) in [4.78, 5) is 34.3. The minimum absolute atomic E-state index is 0.0696. The van der Waals surface area contributed by atoms with Crippen molar-refractivity contribution < 1.29 is 14.3 Å². The number of hydrogen-bond acceptors (Lipinski definition) is 5. The van der Waals surface area contributed by atoms with Crippen LogP contribution in [0.25, 0.3) is 0 Å². The Bertz CT molecular complexity index is 706. The third-order valence-electron chi connectivity index (χ3n) is 6.88. The number of anilines is 1. The van der Waals surface area contributed by atoms with Gasteiger partial charge in [0.15, 0.2) is 0 Å². The zero-order chi connectivity index (χ0) is 20.8. The molecule has 2 amide bonds. The third kappa shape index (κ3) is 5.31.